The topological polar surface area (TPSA) is 132 Å². The molecule has 0 aliphatic heterocycles. The minimum atomic E-state index is -4.34. The van der Waals surface area contributed by atoms with Crippen LogP contribution in [-0.2, 0) is 95.3 Å². The summed E-state index contributed by atoms with van der Waals surface area (Å²) in [6.45, 7) is 52.6. The van der Waals surface area contributed by atoms with Gasteiger partial charge in [0.05, 0.1) is 5.56 Å². The number of alkyl halides is 3. The van der Waals surface area contributed by atoms with E-state index < -0.39 is 23.4 Å². The van der Waals surface area contributed by atoms with E-state index in [-0.39, 0.29) is 76.7 Å². The molecule has 0 spiro atoms. The molecule has 10 aromatic carbocycles. The summed E-state index contributed by atoms with van der Waals surface area (Å²) in [5.74, 6) is 3.42. The highest BCUT2D eigenvalue weighted by Gasteiger charge is 2.31. The maximum atomic E-state index is 13.7. The molecule has 10 nitrogen and oxygen atoms in total. The average Bonchev–Trinajstić information content (AvgIpc) is 0.847. The maximum Gasteiger partial charge on any atom is 0.416 e. The smallest absolute Gasteiger partial charge is 0.416 e. The number of carbonyl (C=O) groups excluding carboxylic acids is 5. The number of hydrogen-bond acceptors (Lipinski definition) is 10. The van der Waals surface area contributed by atoms with Crippen LogP contribution in [0.15, 0.2) is 180 Å². The van der Waals surface area contributed by atoms with Crippen LogP contribution in [0.1, 0.15) is 260 Å². The largest absolute Gasteiger partial charge is 0.489 e. The van der Waals surface area contributed by atoms with Gasteiger partial charge in [0.25, 0.3) is 0 Å². The molecule has 0 aliphatic carbocycles. The van der Waals surface area contributed by atoms with Gasteiger partial charge in [0.15, 0.2) is 0 Å². The highest BCUT2D eigenvalue weighted by molar-refractivity contribution is 9.10. The zero-order valence-electron chi connectivity index (χ0n) is 80.5. The van der Waals surface area contributed by atoms with E-state index in [2.05, 4.69) is 113 Å². The number of aryl methyl sites for hydroxylation is 10. The third-order valence-electron chi connectivity index (χ3n) is 20.9. The fourth-order valence-electron chi connectivity index (χ4n) is 14.9. The molecule has 10 aromatic rings. The van der Waals surface area contributed by atoms with E-state index in [1.807, 2.05) is 191 Å². The van der Waals surface area contributed by atoms with Gasteiger partial charge in [0.2, 0.25) is 0 Å². The molecule has 702 valence electrons. The van der Waals surface area contributed by atoms with Crippen molar-refractivity contribution < 1.29 is 74.0 Å². The summed E-state index contributed by atoms with van der Waals surface area (Å²) in [7, 11) is 0. The first-order chi connectivity index (χ1) is 59.8. The van der Waals surface area contributed by atoms with E-state index in [1.54, 1.807) is 6.07 Å². The summed E-state index contributed by atoms with van der Waals surface area (Å²) in [5.41, 5.74) is 19.0. The summed E-state index contributed by atoms with van der Waals surface area (Å²) in [4.78, 5) is 61.5. The van der Waals surface area contributed by atoms with Crippen LogP contribution in [0.4, 0.5) is 26.3 Å². The highest BCUT2D eigenvalue weighted by Crippen LogP contribution is 2.35. The molecule has 130 heavy (non-hydrogen) atoms. The van der Waals surface area contributed by atoms with Crippen LogP contribution in [0.2, 0.25) is 5.02 Å². The molecular weight excluding hydrogens is 1730 g/mol. The zero-order chi connectivity index (χ0) is 96.4. The summed E-state index contributed by atoms with van der Waals surface area (Å²) >= 11 is 9.44. The van der Waals surface area contributed by atoms with Crippen LogP contribution in [0.5, 0.6) is 28.7 Å². The number of halogens is 8. The number of rotatable bonds is 30. The van der Waals surface area contributed by atoms with Gasteiger partial charge in [-0.3, -0.25) is 24.0 Å². The second kappa shape index (κ2) is 49.4. The molecule has 0 amide bonds. The van der Waals surface area contributed by atoms with Crippen LogP contribution < -0.4 is 23.7 Å². The van der Waals surface area contributed by atoms with E-state index in [0.29, 0.717) is 117 Å². The third-order valence-corrected chi connectivity index (χ3v) is 21.6. The van der Waals surface area contributed by atoms with E-state index in [0.717, 1.165) is 140 Å². The monoisotopic (exact) mass is 1870 g/mol. The van der Waals surface area contributed by atoms with Crippen LogP contribution in [0.25, 0.3) is 0 Å². The Morgan fingerprint density at radius 2 is 0.546 bits per heavy atom. The van der Waals surface area contributed by atoms with E-state index in [9.17, 15) is 50.3 Å². The molecule has 18 heteroatoms. The van der Waals surface area contributed by atoms with E-state index >= 15 is 0 Å². The van der Waals surface area contributed by atoms with Crippen LogP contribution in [0.3, 0.4) is 0 Å². The quantitative estimate of drug-likeness (QED) is 0.0401. The summed E-state index contributed by atoms with van der Waals surface area (Å²) < 4.78 is 108. The van der Waals surface area contributed by atoms with Gasteiger partial charge in [-0.25, -0.2) is 13.2 Å². The number of benzene rings is 10. The molecule has 0 saturated carbocycles. The standard InChI is InChI=1S/C23H27F3O2.C22H27BrO2.C22H27ClO2.C22H26F2O2.C22H27FO2.CH4/c1-15-10-20(11-16(2)21(15)12-19(27)13-22(3,4)5)28-14-17-6-8-18(9-7-17)23(24,25)26;1-15-10-20(25-14-17-6-8-18(23)9-7-17)11-16(2)21(15)12-19(24)13-22(3,4)5;1-15-9-20(25-14-17-7-6-8-18(23)11-17)10-16(2)21(15)12-19(24)13-22(3,4)5;1-14-8-19(26-13-16-6-7-17(23)10-21(16)24)9-15(2)20(14)11-18(25)12-22(3,4)5;1-15-9-20(25-14-17-7-6-8-18(23)11-17)10-16(2)21(15)12-19(24)13-22(3,4)5;/h6-11H,12-14H2,1-5H3;2*6-11H,12-14H2,1-5H3;6-10H,11-13H2,1-5H3;6-11H,12-14H2,1-5H3;1H4. The fourth-order valence-corrected chi connectivity index (χ4v) is 15.4. The lowest BCUT2D eigenvalue weighted by molar-refractivity contribution is -0.137. The van der Waals surface area contributed by atoms with Crippen LogP contribution >= 0.6 is 27.5 Å². The SMILES string of the molecule is C.Cc1cc(OCc2ccc(Br)cc2)cc(C)c1CC(=O)CC(C)(C)C.Cc1cc(OCc2ccc(C(F)(F)F)cc2)cc(C)c1CC(=O)CC(C)(C)C.Cc1cc(OCc2ccc(F)cc2F)cc(C)c1CC(=O)CC(C)(C)C.Cc1cc(OCc2cccc(Cl)c2)cc(C)c1CC(=O)CC(C)(C)C.Cc1cc(OCc2cccc(F)c2)cc(C)c1CC(=O)CC(C)(C)C. The Morgan fingerprint density at radius 1 is 0.300 bits per heavy atom. The Kier molecular flexibility index (Phi) is 42.0. The molecule has 0 aliphatic rings. The Balaban J connectivity index is 0.000000287. The minimum absolute atomic E-state index is 0. The Morgan fingerprint density at radius 3 is 0.800 bits per heavy atom. The first kappa shape index (κ1) is 110. The molecule has 0 aromatic heterocycles. The predicted molar refractivity (Wildman–Crippen MR) is 522 cm³/mol. The second-order valence-corrected chi connectivity index (χ2v) is 41.6. The Bertz CT molecular complexity index is 5210. The first-order valence-electron chi connectivity index (χ1n) is 43.9. The molecule has 0 N–H and O–H groups in total. The van der Waals surface area contributed by atoms with Gasteiger partial charge >= 0.3 is 6.18 Å². The average molecular weight is 1870 g/mol. The highest BCUT2D eigenvalue weighted by atomic mass is 79.9. The number of hydrogen-bond donors (Lipinski definition) is 0. The minimum Gasteiger partial charge on any atom is -0.489 e. The molecule has 0 fully saturated rings. The van der Waals surface area contributed by atoms with Gasteiger partial charge < -0.3 is 23.7 Å². The van der Waals surface area contributed by atoms with Crippen molar-refractivity contribution in [2.24, 2.45) is 27.1 Å². The number of carbonyl (C=O) groups is 5. The normalized spacial score (nSPS) is 11.5. The van der Waals surface area contributed by atoms with Crippen molar-refractivity contribution in [1.29, 1.82) is 0 Å². The predicted octanol–water partition coefficient (Wildman–Crippen LogP) is 30.6. The molecule has 0 unspecified atom stereocenters. The van der Waals surface area contributed by atoms with Gasteiger partial charge in [-0.1, -0.05) is 187 Å². The molecule has 0 saturated heterocycles. The van der Waals surface area contributed by atoms with Gasteiger partial charge in [-0.2, -0.15) is 13.2 Å². The van der Waals surface area contributed by atoms with Gasteiger partial charge in [-0.05, 0) is 323 Å². The number of Topliss-reactive ketones (excluding diaryl/α,β-unsaturated/α-hetero) is 5. The van der Waals surface area contributed by atoms with Gasteiger partial charge in [-0.15, -0.1) is 0 Å². The Labute approximate surface area is 784 Å². The van der Waals surface area contributed by atoms with E-state index in [4.69, 9.17) is 35.3 Å². The number of ketones is 5. The van der Waals surface area contributed by atoms with Crippen molar-refractivity contribution >= 4 is 56.4 Å². The summed E-state index contributed by atoms with van der Waals surface area (Å²) in [6, 6.07) is 50.0. The van der Waals surface area contributed by atoms with Crippen molar-refractivity contribution in [3.8, 4) is 28.7 Å². The molecule has 0 heterocycles. The third kappa shape index (κ3) is 40.7. The second-order valence-electron chi connectivity index (χ2n) is 40.2. The number of ether oxygens (including phenoxy) is 5. The van der Waals surface area contributed by atoms with Crippen molar-refractivity contribution in [3.05, 3.63) is 320 Å². The molecular formula is C112H138BrClF6O10. The lowest BCUT2D eigenvalue weighted by atomic mass is 9.87. The van der Waals surface area contributed by atoms with Crippen LogP contribution in [-0.4, -0.2) is 28.9 Å². The van der Waals surface area contributed by atoms with Crippen molar-refractivity contribution in [3.63, 3.8) is 0 Å². The lowest BCUT2D eigenvalue weighted by Crippen LogP contribution is -2.15. The van der Waals surface area contributed by atoms with Gasteiger partial charge in [0.1, 0.15) is 108 Å². The Hall–Kier alpha value is -10.1. The summed E-state index contributed by atoms with van der Waals surface area (Å²) in [5, 5.41) is 0.709. The van der Waals surface area contributed by atoms with E-state index in [1.165, 1.54) is 36.4 Å². The fraction of sp³-hybridized carbons (Fsp3) is 0.420. The van der Waals surface area contributed by atoms with Crippen molar-refractivity contribution in [2.45, 2.75) is 284 Å². The van der Waals surface area contributed by atoms with Crippen LogP contribution in [0, 0.1) is 114 Å². The molecule has 0 radical (unpaired) electrons. The summed E-state index contributed by atoms with van der Waals surface area (Å²) in [6.07, 6.45) is 0.747. The van der Waals surface area contributed by atoms with Crippen molar-refractivity contribution in [1.82, 2.24) is 0 Å². The van der Waals surface area contributed by atoms with Crippen molar-refractivity contribution in [2.75, 3.05) is 0 Å². The zero-order valence-corrected chi connectivity index (χ0v) is 82.8. The van der Waals surface area contributed by atoms with Gasteiger partial charge in [0, 0.05) is 85.3 Å². The maximum absolute atomic E-state index is 13.7. The lowest BCUT2D eigenvalue weighted by Gasteiger charge is -2.18. The molecule has 10 rings (SSSR count). The molecule has 0 bridgehead atoms. The molecule has 0 atom stereocenters. The first-order valence-corrected chi connectivity index (χ1v) is 45.1.